The number of fused-ring (bicyclic) bond motifs is 2. The molecule has 1 aromatic heterocycles. The van der Waals surface area contributed by atoms with Crippen LogP contribution in [0.1, 0.15) is 90.3 Å². The minimum Gasteiger partial charge on any atom is -0.339 e. The molecular weight excluding hydrogens is 744 g/mol. The van der Waals surface area contributed by atoms with Crippen LogP contribution in [0.2, 0.25) is 5.02 Å². The molecule has 4 aromatic rings. The summed E-state index contributed by atoms with van der Waals surface area (Å²) in [6, 6.07) is 18.7. The Kier molecular flexibility index (Phi) is 9.30. The largest absolute Gasteiger partial charge is 0.339 e. The van der Waals surface area contributed by atoms with Crippen molar-refractivity contribution in [1.82, 2.24) is 34.7 Å². The molecule has 9 rings (SSSR count). The van der Waals surface area contributed by atoms with E-state index in [4.69, 9.17) is 16.7 Å². The molecule has 1 atom stereocenters. The molecule has 57 heavy (non-hydrogen) atoms. The second-order valence-electron chi connectivity index (χ2n) is 15.9. The zero-order valence-corrected chi connectivity index (χ0v) is 32.5. The highest BCUT2D eigenvalue weighted by molar-refractivity contribution is 6.32. The number of carbonyl (C=O) groups is 5. The van der Waals surface area contributed by atoms with E-state index in [1.54, 1.807) is 12.1 Å². The Hall–Kier alpha value is -5.68. The number of nitrogens with zero attached hydrogens (tertiary/aromatic N) is 7. The Labute approximate surface area is 334 Å². The minimum atomic E-state index is -0.966. The second kappa shape index (κ2) is 14.4. The van der Waals surface area contributed by atoms with Gasteiger partial charge in [0.25, 0.3) is 17.7 Å². The molecule has 0 aliphatic carbocycles. The van der Waals surface area contributed by atoms with Gasteiger partial charge in [-0.25, -0.2) is 0 Å². The van der Waals surface area contributed by atoms with E-state index in [2.05, 4.69) is 21.2 Å². The van der Waals surface area contributed by atoms with Crippen molar-refractivity contribution >= 4 is 41.1 Å². The number of carbonyl (C=O) groups excluding carboxylic acids is 5. The van der Waals surface area contributed by atoms with Crippen LogP contribution in [-0.2, 0) is 29.2 Å². The topological polar surface area (TPSA) is 152 Å². The molecule has 0 saturated carbocycles. The van der Waals surface area contributed by atoms with Crippen LogP contribution in [0.5, 0.6) is 0 Å². The molecule has 1 N–H and O–H groups in total. The smallest absolute Gasteiger partial charge is 0.262 e. The van der Waals surface area contributed by atoms with E-state index in [9.17, 15) is 29.2 Å². The molecular formula is C43H41ClN8O5. The summed E-state index contributed by atoms with van der Waals surface area (Å²) in [5, 5.41) is 16.7. The Morgan fingerprint density at radius 2 is 1.54 bits per heavy atom. The molecule has 6 heterocycles. The average Bonchev–Trinajstić information content (AvgIpc) is 3.80. The average molecular weight is 785 g/mol. The van der Waals surface area contributed by atoms with Crippen molar-refractivity contribution in [2.45, 2.75) is 77.3 Å². The Bertz CT molecular complexity index is 2380. The van der Waals surface area contributed by atoms with Gasteiger partial charge in [-0.15, -0.1) is 0 Å². The number of benzene rings is 3. The van der Waals surface area contributed by atoms with Crippen molar-refractivity contribution < 1.29 is 24.0 Å². The van der Waals surface area contributed by atoms with E-state index in [0.29, 0.717) is 72.1 Å². The molecule has 3 saturated heterocycles. The van der Waals surface area contributed by atoms with Crippen LogP contribution in [0.3, 0.4) is 0 Å². The number of hydrogen-bond donors (Lipinski definition) is 1. The van der Waals surface area contributed by atoms with Crippen LogP contribution >= 0.6 is 11.6 Å². The fourth-order valence-corrected chi connectivity index (χ4v) is 9.25. The van der Waals surface area contributed by atoms with Crippen molar-refractivity contribution in [2.24, 2.45) is 0 Å². The number of rotatable bonds is 7. The first-order valence-electron chi connectivity index (χ1n) is 19.4. The fraction of sp³-hybridized carbons (Fsp3) is 0.372. The monoisotopic (exact) mass is 784 g/mol. The highest BCUT2D eigenvalue weighted by Crippen LogP contribution is 2.36. The van der Waals surface area contributed by atoms with Crippen molar-refractivity contribution in [3.63, 3.8) is 0 Å². The Morgan fingerprint density at radius 3 is 2.16 bits per heavy atom. The quantitative estimate of drug-likeness (QED) is 0.268. The van der Waals surface area contributed by atoms with Gasteiger partial charge in [0.05, 0.1) is 34.0 Å². The standard InChI is InChI=1S/C43H41ClN8O5/c1-24-25(2)51(47-39(24)28-7-8-29(18-45)36(44)17-28)19-26-3-5-27(6-4-26)41(55)48-13-11-32(12-14-48)50-22-33(23-50)49-20-30-15-34-35(16-31(30)21-49)43(57)52(42(34)56)37-9-10-38(53)46-40(37)54/h3-8,15-17,32-33,37H,9-14,19-23H2,1-2H3,(H,46,53,54). The van der Waals surface area contributed by atoms with Crippen LogP contribution in [-0.4, -0.2) is 103 Å². The molecule has 0 spiro atoms. The van der Waals surface area contributed by atoms with Crippen LogP contribution in [0.15, 0.2) is 54.6 Å². The molecule has 3 aromatic carbocycles. The predicted octanol–water partition coefficient (Wildman–Crippen LogP) is 4.45. The van der Waals surface area contributed by atoms with Gasteiger partial charge < -0.3 is 4.90 Å². The predicted molar refractivity (Wildman–Crippen MR) is 209 cm³/mol. The van der Waals surface area contributed by atoms with E-state index < -0.39 is 29.7 Å². The lowest BCUT2D eigenvalue weighted by Crippen LogP contribution is -2.62. The van der Waals surface area contributed by atoms with Gasteiger partial charge in [0.2, 0.25) is 11.8 Å². The summed E-state index contributed by atoms with van der Waals surface area (Å²) in [4.78, 5) is 72.1. The van der Waals surface area contributed by atoms with Crippen molar-refractivity contribution in [2.75, 3.05) is 26.2 Å². The SMILES string of the molecule is Cc1c(-c2ccc(C#N)c(Cl)c2)nn(Cc2ccc(C(=O)N3CCC(N4CC(N5Cc6cc7c(cc6C5)C(=O)N(C5CCC(=O)NC5=O)C7=O)C4)CC3)cc2)c1C. The maximum absolute atomic E-state index is 13.5. The number of likely N-dealkylation sites (tertiary alicyclic amines) is 2. The van der Waals surface area contributed by atoms with Crippen molar-refractivity contribution in [1.29, 1.82) is 5.26 Å². The van der Waals surface area contributed by atoms with E-state index in [1.807, 2.05) is 65.9 Å². The Balaban J connectivity index is 0.755. The molecule has 13 nitrogen and oxygen atoms in total. The zero-order chi connectivity index (χ0) is 39.7. The summed E-state index contributed by atoms with van der Waals surface area (Å²) in [7, 11) is 0. The van der Waals surface area contributed by atoms with Gasteiger partial charge >= 0.3 is 0 Å². The summed E-state index contributed by atoms with van der Waals surface area (Å²) < 4.78 is 1.96. The molecule has 14 heteroatoms. The van der Waals surface area contributed by atoms with Crippen LogP contribution in [0.25, 0.3) is 11.3 Å². The maximum Gasteiger partial charge on any atom is 0.262 e. The highest BCUT2D eigenvalue weighted by atomic mass is 35.5. The number of nitrogens with one attached hydrogen (secondary N) is 1. The summed E-state index contributed by atoms with van der Waals surface area (Å²) in [5.74, 6) is -1.89. The van der Waals surface area contributed by atoms with Gasteiger partial charge in [-0.2, -0.15) is 10.4 Å². The first kappa shape index (κ1) is 36.9. The highest BCUT2D eigenvalue weighted by Gasteiger charge is 2.46. The molecule has 290 valence electrons. The number of amides is 5. The van der Waals surface area contributed by atoms with Crippen molar-refractivity contribution in [3.8, 4) is 17.3 Å². The zero-order valence-electron chi connectivity index (χ0n) is 31.8. The summed E-state index contributed by atoms with van der Waals surface area (Å²) in [5.41, 5.74) is 8.64. The van der Waals surface area contributed by atoms with Gasteiger partial charge in [-0.3, -0.25) is 48.7 Å². The number of piperidine rings is 2. The van der Waals surface area contributed by atoms with E-state index in [-0.39, 0.29) is 18.7 Å². The lowest BCUT2D eigenvalue weighted by atomic mass is 9.96. The minimum absolute atomic E-state index is 0.0477. The van der Waals surface area contributed by atoms with Gasteiger partial charge in [-0.05, 0) is 91.8 Å². The van der Waals surface area contributed by atoms with Crippen LogP contribution < -0.4 is 5.32 Å². The third-order valence-electron chi connectivity index (χ3n) is 12.6. The number of hydrogen-bond acceptors (Lipinski definition) is 9. The second-order valence-corrected chi connectivity index (χ2v) is 16.3. The van der Waals surface area contributed by atoms with E-state index in [0.717, 1.165) is 70.0 Å². The first-order valence-corrected chi connectivity index (χ1v) is 19.8. The van der Waals surface area contributed by atoms with E-state index >= 15 is 0 Å². The molecule has 0 bridgehead atoms. The molecule has 5 aliphatic rings. The molecule has 5 amide bonds. The summed E-state index contributed by atoms with van der Waals surface area (Å²) >= 11 is 6.30. The van der Waals surface area contributed by atoms with Crippen LogP contribution in [0, 0.1) is 25.2 Å². The van der Waals surface area contributed by atoms with Crippen molar-refractivity contribution in [3.05, 3.63) is 110 Å². The third kappa shape index (κ3) is 6.51. The molecule has 3 fully saturated rings. The number of imide groups is 2. The van der Waals surface area contributed by atoms with Gasteiger partial charge in [-0.1, -0.05) is 29.8 Å². The van der Waals surface area contributed by atoms with Gasteiger partial charge in [0.15, 0.2) is 0 Å². The number of aromatic nitrogens is 2. The first-order chi connectivity index (χ1) is 27.5. The summed E-state index contributed by atoms with van der Waals surface area (Å²) in [6.45, 7) is 9.31. The van der Waals surface area contributed by atoms with Gasteiger partial charge in [0.1, 0.15) is 12.1 Å². The lowest BCUT2D eigenvalue weighted by molar-refractivity contribution is -0.136. The third-order valence-corrected chi connectivity index (χ3v) is 12.9. The lowest BCUT2D eigenvalue weighted by Gasteiger charge is -2.50. The van der Waals surface area contributed by atoms with Gasteiger partial charge in [0, 0.05) is 74.6 Å². The van der Waals surface area contributed by atoms with E-state index in [1.165, 1.54) is 0 Å². The summed E-state index contributed by atoms with van der Waals surface area (Å²) in [6.07, 6.45) is 2.07. The normalized spacial score (nSPS) is 20.4. The maximum atomic E-state index is 13.5. The molecule has 5 aliphatic heterocycles. The Morgan fingerprint density at radius 1 is 0.877 bits per heavy atom. The van der Waals surface area contributed by atoms with Crippen LogP contribution in [0.4, 0.5) is 0 Å². The molecule has 1 unspecified atom stereocenters. The number of halogens is 1. The number of nitriles is 1. The fourth-order valence-electron chi connectivity index (χ4n) is 9.03. The molecule has 0 radical (unpaired) electrons.